The summed E-state index contributed by atoms with van der Waals surface area (Å²) in [7, 11) is 0. The van der Waals surface area contributed by atoms with Crippen LogP contribution in [0.2, 0.25) is 0 Å². The lowest BCUT2D eigenvalue weighted by Gasteiger charge is -2.21. The molecule has 1 heterocycles. The van der Waals surface area contributed by atoms with Crippen LogP contribution in [0.15, 0.2) is 9.32 Å². The van der Waals surface area contributed by atoms with Crippen molar-refractivity contribution in [2.45, 2.75) is 39.0 Å². The van der Waals surface area contributed by atoms with Crippen LogP contribution in [0.4, 0.5) is 0 Å². The second-order valence-electron chi connectivity index (χ2n) is 5.49. The second kappa shape index (κ2) is 4.05. The summed E-state index contributed by atoms with van der Waals surface area (Å²) in [5, 5.41) is 3.76. The van der Waals surface area contributed by atoms with Crippen molar-refractivity contribution in [1.29, 1.82) is 0 Å². The van der Waals surface area contributed by atoms with Gasteiger partial charge in [0.1, 0.15) is 0 Å². The molecule has 5 heteroatoms. The van der Waals surface area contributed by atoms with E-state index in [1.165, 1.54) is 6.42 Å². The molecule has 2 unspecified atom stereocenters. The number of rotatable bonds is 3. The Balaban J connectivity index is 2.15. The molecular weight excluding hydrogens is 206 g/mol. The number of hydrogen-bond donors (Lipinski definition) is 2. The van der Waals surface area contributed by atoms with Crippen molar-refractivity contribution in [3.05, 3.63) is 16.4 Å². The van der Waals surface area contributed by atoms with Crippen LogP contribution in [0.25, 0.3) is 0 Å². The summed E-state index contributed by atoms with van der Waals surface area (Å²) in [5.41, 5.74) is 6.16. The molecule has 0 spiro atoms. The molecule has 3 N–H and O–H groups in total. The number of H-pyrrole nitrogens is 1. The second-order valence-corrected chi connectivity index (χ2v) is 5.49. The van der Waals surface area contributed by atoms with Gasteiger partial charge in [-0.05, 0) is 30.6 Å². The van der Waals surface area contributed by atoms with Crippen molar-refractivity contribution >= 4 is 0 Å². The van der Waals surface area contributed by atoms with Crippen molar-refractivity contribution in [3.63, 3.8) is 0 Å². The number of aromatic nitrogens is 2. The Labute approximate surface area is 94.4 Å². The molecule has 0 aliphatic heterocycles. The molecule has 0 aromatic carbocycles. The molecule has 1 aromatic rings. The van der Waals surface area contributed by atoms with Gasteiger partial charge in [-0.1, -0.05) is 19.0 Å². The first-order valence-electron chi connectivity index (χ1n) is 5.78. The summed E-state index contributed by atoms with van der Waals surface area (Å²) in [5.74, 6) is 0.731. The fraction of sp³-hybridized carbons (Fsp3) is 0.818. The van der Waals surface area contributed by atoms with Crippen LogP contribution in [0.1, 0.15) is 44.9 Å². The van der Waals surface area contributed by atoms with Crippen LogP contribution in [0.5, 0.6) is 0 Å². The van der Waals surface area contributed by atoms with E-state index in [4.69, 9.17) is 5.73 Å². The third kappa shape index (κ3) is 2.19. The van der Waals surface area contributed by atoms with Crippen molar-refractivity contribution in [1.82, 2.24) is 10.1 Å². The van der Waals surface area contributed by atoms with Crippen LogP contribution in [-0.4, -0.2) is 16.7 Å². The Morgan fingerprint density at radius 3 is 2.88 bits per heavy atom. The minimum absolute atomic E-state index is 0.119. The van der Waals surface area contributed by atoms with Gasteiger partial charge in [-0.2, -0.15) is 0 Å². The standard InChI is InChI=1S/C11H19N3O2/c1-11(2)4-3-7(5-11)8(6-12)9-13-10(15)16-14-9/h7-8H,3-6,12H2,1-2H3,(H,13,14,15). The zero-order valence-corrected chi connectivity index (χ0v) is 9.82. The third-order valence-electron chi connectivity index (χ3n) is 3.64. The van der Waals surface area contributed by atoms with Gasteiger partial charge in [0, 0.05) is 12.5 Å². The fourth-order valence-electron chi connectivity index (χ4n) is 2.76. The van der Waals surface area contributed by atoms with Gasteiger partial charge in [0.05, 0.1) is 0 Å². The summed E-state index contributed by atoms with van der Waals surface area (Å²) in [4.78, 5) is 13.5. The molecule has 2 atom stereocenters. The van der Waals surface area contributed by atoms with Crippen molar-refractivity contribution in [2.75, 3.05) is 6.54 Å². The van der Waals surface area contributed by atoms with Gasteiger partial charge in [-0.3, -0.25) is 9.51 Å². The lowest BCUT2D eigenvalue weighted by atomic mass is 9.85. The molecule has 2 rings (SSSR count). The van der Waals surface area contributed by atoms with E-state index in [1.807, 2.05) is 0 Å². The minimum Gasteiger partial charge on any atom is -0.330 e. The van der Waals surface area contributed by atoms with Gasteiger partial charge in [0.25, 0.3) is 0 Å². The van der Waals surface area contributed by atoms with Crippen LogP contribution in [0.3, 0.4) is 0 Å². The molecule has 0 saturated heterocycles. The van der Waals surface area contributed by atoms with E-state index in [1.54, 1.807) is 0 Å². The zero-order valence-electron chi connectivity index (χ0n) is 9.82. The Morgan fingerprint density at radius 2 is 2.44 bits per heavy atom. The lowest BCUT2D eigenvalue weighted by molar-refractivity contribution is 0.326. The number of nitrogens with two attached hydrogens (primary N) is 1. The molecule has 0 amide bonds. The van der Waals surface area contributed by atoms with Gasteiger partial charge < -0.3 is 5.73 Å². The average Bonchev–Trinajstić information content (AvgIpc) is 2.75. The summed E-state index contributed by atoms with van der Waals surface area (Å²) < 4.78 is 4.54. The normalized spacial score (nSPS) is 25.8. The highest BCUT2D eigenvalue weighted by Crippen LogP contribution is 2.45. The fourth-order valence-corrected chi connectivity index (χ4v) is 2.76. The van der Waals surface area contributed by atoms with Crippen molar-refractivity contribution in [3.8, 4) is 0 Å². The van der Waals surface area contributed by atoms with E-state index in [0.717, 1.165) is 12.8 Å². The SMILES string of the molecule is CC1(C)CCC(C(CN)c2noc(=O)[nH]2)C1. The highest BCUT2D eigenvalue weighted by Gasteiger charge is 2.36. The average molecular weight is 225 g/mol. The first kappa shape index (κ1) is 11.4. The molecule has 5 nitrogen and oxygen atoms in total. The first-order valence-corrected chi connectivity index (χ1v) is 5.78. The lowest BCUT2D eigenvalue weighted by Crippen LogP contribution is -2.22. The molecule has 0 radical (unpaired) electrons. The Morgan fingerprint density at radius 1 is 1.69 bits per heavy atom. The molecule has 16 heavy (non-hydrogen) atoms. The maximum absolute atomic E-state index is 10.9. The van der Waals surface area contributed by atoms with Crippen LogP contribution in [-0.2, 0) is 0 Å². The Hall–Kier alpha value is -1.10. The third-order valence-corrected chi connectivity index (χ3v) is 3.64. The molecule has 0 bridgehead atoms. The monoisotopic (exact) mass is 225 g/mol. The quantitative estimate of drug-likeness (QED) is 0.810. The van der Waals surface area contributed by atoms with Gasteiger partial charge in [-0.25, -0.2) is 4.79 Å². The highest BCUT2D eigenvalue weighted by atomic mass is 16.5. The Bertz CT molecular complexity index is 407. The molecule has 1 aliphatic rings. The molecule has 90 valence electrons. The number of aromatic amines is 1. The summed E-state index contributed by atoms with van der Waals surface area (Å²) in [6.07, 6.45) is 3.48. The van der Waals surface area contributed by atoms with E-state index in [2.05, 4.69) is 28.5 Å². The predicted octanol–water partition coefficient (Wildman–Crippen LogP) is 1.23. The largest absolute Gasteiger partial charge is 0.438 e. The summed E-state index contributed by atoms with van der Waals surface area (Å²) >= 11 is 0. The van der Waals surface area contributed by atoms with E-state index in [0.29, 0.717) is 23.7 Å². The molecule has 1 fully saturated rings. The van der Waals surface area contributed by atoms with E-state index < -0.39 is 5.76 Å². The maximum Gasteiger partial charge on any atom is 0.438 e. The molecule has 1 aromatic heterocycles. The van der Waals surface area contributed by atoms with Gasteiger partial charge in [0.15, 0.2) is 5.82 Å². The molecule has 1 saturated carbocycles. The van der Waals surface area contributed by atoms with E-state index in [9.17, 15) is 4.79 Å². The maximum atomic E-state index is 10.9. The summed E-state index contributed by atoms with van der Waals surface area (Å²) in [6, 6.07) is 0. The predicted molar refractivity (Wildman–Crippen MR) is 60.0 cm³/mol. The first-order chi connectivity index (χ1) is 7.52. The number of hydrogen-bond acceptors (Lipinski definition) is 4. The van der Waals surface area contributed by atoms with Crippen LogP contribution >= 0.6 is 0 Å². The Kier molecular flexibility index (Phi) is 2.88. The smallest absolute Gasteiger partial charge is 0.330 e. The zero-order chi connectivity index (χ0) is 11.8. The number of nitrogens with one attached hydrogen (secondary N) is 1. The van der Waals surface area contributed by atoms with E-state index in [-0.39, 0.29) is 5.92 Å². The topological polar surface area (TPSA) is 84.9 Å². The van der Waals surface area contributed by atoms with Crippen molar-refractivity contribution in [2.24, 2.45) is 17.1 Å². The minimum atomic E-state index is -0.495. The number of nitrogens with zero attached hydrogens (tertiary/aromatic N) is 1. The van der Waals surface area contributed by atoms with Crippen molar-refractivity contribution < 1.29 is 4.52 Å². The van der Waals surface area contributed by atoms with Crippen LogP contribution < -0.4 is 11.5 Å². The van der Waals surface area contributed by atoms with Gasteiger partial charge in [0.2, 0.25) is 0 Å². The van der Waals surface area contributed by atoms with Gasteiger partial charge >= 0.3 is 5.76 Å². The molecule has 1 aliphatic carbocycles. The summed E-state index contributed by atoms with van der Waals surface area (Å²) in [6.45, 7) is 5.04. The highest BCUT2D eigenvalue weighted by molar-refractivity contribution is 5.00. The van der Waals surface area contributed by atoms with E-state index >= 15 is 0 Å². The van der Waals surface area contributed by atoms with Gasteiger partial charge in [-0.15, -0.1) is 0 Å². The molecular formula is C11H19N3O2. The van der Waals surface area contributed by atoms with Crippen LogP contribution in [0, 0.1) is 11.3 Å².